The smallest absolute Gasteiger partial charge is 0.196 e. The van der Waals surface area contributed by atoms with Crippen LogP contribution >= 0.6 is 27.7 Å². The van der Waals surface area contributed by atoms with E-state index in [1.165, 1.54) is 0 Å². The molecule has 4 rings (SSSR count). The fourth-order valence-corrected chi connectivity index (χ4v) is 4.45. The molecule has 0 N–H and O–H groups in total. The van der Waals surface area contributed by atoms with Gasteiger partial charge in [0.1, 0.15) is 11.5 Å². The third kappa shape index (κ3) is 4.29. The summed E-state index contributed by atoms with van der Waals surface area (Å²) >= 11 is 5.10. The van der Waals surface area contributed by atoms with Crippen LogP contribution in [0.3, 0.4) is 0 Å². The molecule has 0 bridgehead atoms. The van der Waals surface area contributed by atoms with Gasteiger partial charge in [-0.3, -0.25) is 4.57 Å². The van der Waals surface area contributed by atoms with Crippen molar-refractivity contribution in [2.45, 2.75) is 31.7 Å². The summed E-state index contributed by atoms with van der Waals surface area (Å²) in [5.74, 6) is 3.16. The van der Waals surface area contributed by atoms with Crippen molar-refractivity contribution in [2.75, 3.05) is 6.61 Å². The molecule has 0 aliphatic rings. The number of thioether (sulfide) groups is 1. The van der Waals surface area contributed by atoms with E-state index in [1.807, 2.05) is 69.3 Å². The summed E-state index contributed by atoms with van der Waals surface area (Å²) in [6.45, 7) is 6.49. The van der Waals surface area contributed by atoms with Gasteiger partial charge >= 0.3 is 0 Å². The Kier molecular flexibility index (Phi) is 6.24. The highest BCUT2D eigenvalue weighted by Crippen LogP contribution is 2.32. The second-order valence-electron chi connectivity index (χ2n) is 6.67. The van der Waals surface area contributed by atoms with E-state index >= 15 is 0 Å². The minimum Gasteiger partial charge on any atom is -0.494 e. The molecule has 0 unspecified atom stereocenters. The van der Waals surface area contributed by atoms with Crippen LogP contribution < -0.4 is 4.74 Å². The maximum atomic E-state index is 5.59. The first-order valence-electron chi connectivity index (χ1n) is 9.56. The summed E-state index contributed by atoms with van der Waals surface area (Å²) < 4.78 is 14.0. The Hall–Kier alpha value is -2.58. The zero-order valence-corrected chi connectivity index (χ0v) is 19.3. The van der Waals surface area contributed by atoms with Crippen molar-refractivity contribution < 1.29 is 9.26 Å². The molecule has 0 aliphatic carbocycles. The Balaban J connectivity index is 1.73. The largest absolute Gasteiger partial charge is 0.494 e. The molecular weight excluding hydrogens is 464 g/mol. The molecule has 0 spiro atoms. The highest BCUT2D eigenvalue weighted by atomic mass is 79.9. The topological polar surface area (TPSA) is 66.0 Å². The molecule has 0 amide bonds. The zero-order chi connectivity index (χ0) is 21.1. The van der Waals surface area contributed by atoms with Crippen molar-refractivity contribution in [1.82, 2.24) is 19.9 Å². The van der Waals surface area contributed by atoms with Gasteiger partial charge in [0, 0.05) is 27.0 Å². The first kappa shape index (κ1) is 20.7. The van der Waals surface area contributed by atoms with E-state index in [2.05, 4.69) is 35.9 Å². The lowest BCUT2D eigenvalue weighted by atomic mass is 10.2. The minimum absolute atomic E-state index is 0.634. The monoisotopic (exact) mass is 484 g/mol. The highest BCUT2D eigenvalue weighted by molar-refractivity contribution is 9.10. The summed E-state index contributed by atoms with van der Waals surface area (Å²) in [5, 5.41) is 13.8. The number of nitrogens with zero attached hydrogens (tertiary/aromatic N) is 4. The number of aryl methyl sites for hydroxylation is 2. The fraction of sp³-hybridized carbons (Fsp3) is 0.227. The molecule has 30 heavy (non-hydrogen) atoms. The Morgan fingerprint density at radius 1 is 1.03 bits per heavy atom. The van der Waals surface area contributed by atoms with Gasteiger partial charge in [0.05, 0.1) is 12.3 Å². The number of aromatic nitrogens is 4. The molecule has 8 heteroatoms. The SMILES string of the molecule is CCOc1ccc(-n2c(SCc3c(C)noc3C)nnc2-c2ccc(Br)cc2)cc1. The summed E-state index contributed by atoms with van der Waals surface area (Å²) in [5.41, 5.74) is 3.96. The molecule has 6 nitrogen and oxygen atoms in total. The molecule has 0 saturated heterocycles. The van der Waals surface area contributed by atoms with Gasteiger partial charge in [-0.05, 0) is 57.2 Å². The third-order valence-electron chi connectivity index (χ3n) is 4.67. The van der Waals surface area contributed by atoms with Crippen molar-refractivity contribution in [3.8, 4) is 22.8 Å². The van der Waals surface area contributed by atoms with E-state index < -0.39 is 0 Å². The summed E-state index contributed by atoms with van der Waals surface area (Å²) in [6.07, 6.45) is 0. The van der Waals surface area contributed by atoms with Crippen molar-refractivity contribution in [3.05, 3.63) is 70.0 Å². The van der Waals surface area contributed by atoms with Crippen LogP contribution in [0.25, 0.3) is 17.1 Å². The predicted molar refractivity (Wildman–Crippen MR) is 121 cm³/mol. The van der Waals surface area contributed by atoms with E-state index in [4.69, 9.17) is 9.26 Å². The van der Waals surface area contributed by atoms with Crippen LogP contribution in [-0.4, -0.2) is 26.5 Å². The Bertz CT molecular complexity index is 1120. The van der Waals surface area contributed by atoms with Crippen LogP contribution in [0.4, 0.5) is 0 Å². The van der Waals surface area contributed by atoms with Gasteiger partial charge in [-0.15, -0.1) is 10.2 Å². The lowest BCUT2D eigenvalue weighted by Crippen LogP contribution is -2.00. The van der Waals surface area contributed by atoms with Gasteiger partial charge in [0.15, 0.2) is 11.0 Å². The molecule has 0 aliphatic heterocycles. The Morgan fingerprint density at radius 2 is 1.77 bits per heavy atom. The summed E-state index contributed by atoms with van der Waals surface area (Å²) in [4.78, 5) is 0. The number of ether oxygens (including phenoxy) is 1. The normalized spacial score (nSPS) is 11.1. The van der Waals surface area contributed by atoms with E-state index in [0.717, 1.165) is 49.5 Å². The minimum atomic E-state index is 0.634. The molecule has 2 aromatic heterocycles. The number of rotatable bonds is 7. The zero-order valence-electron chi connectivity index (χ0n) is 16.9. The molecular formula is C22H21BrN4O2S. The van der Waals surface area contributed by atoms with E-state index in [9.17, 15) is 0 Å². The number of hydrogen-bond acceptors (Lipinski definition) is 6. The molecule has 0 saturated carbocycles. The van der Waals surface area contributed by atoms with Crippen molar-refractivity contribution in [3.63, 3.8) is 0 Å². The van der Waals surface area contributed by atoms with Crippen molar-refractivity contribution in [1.29, 1.82) is 0 Å². The predicted octanol–water partition coefficient (Wildman–Crippen LogP) is 5.99. The molecule has 154 valence electrons. The van der Waals surface area contributed by atoms with Gasteiger partial charge < -0.3 is 9.26 Å². The lowest BCUT2D eigenvalue weighted by Gasteiger charge is -2.11. The van der Waals surface area contributed by atoms with Crippen molar-refractivity contribution >= 4 is 27.7 Å². The molecule has 0 radical (unpaired) electrons. The number of hydrogen-bond donors (Lipinski definition) is 0. The van der Waals surface area contributed by atoms with Crippen LogP contribution in [0.1, 0.15) is 23.9 Å². The van der Waals surface area contributed by atoms with E-state index in [-0.39, 0.29) is 0 Å². The molecule has 0 atom stereocenters. The van der Waals surface area contributed by atoms with Gasteiger partial charge in [0.25, 0.3) is 0 Å². The van der Waals surface area contributed by atoms with Crippen LogP contribution in [0, 0.1) is 13.8 Å². The Morgan fingerprint density at radius 3 is 2.40 bits per heavy atom. The van der Waals surface area contributed by atoms with Crippen molar-refractivity contribution in [2.24, 2.45) is 0 Å². The maximum Gasteiger partial charge on any atom is 0.196 e. The highest BCUT2D eigenvalue weighted by Gasteiger charge is 2.18. The van der Waals surface area contributed by atoms with E-state index in [0.29, 0.717) is 12.4 Å². The molecule has 2 heterocycles. The van der Waals surface area contributed by atoms with Crippen LogP contribution in [0.5, 0.6) is 5.75 Å². The van der Waals surface area contributed by atoms with Crippen LogP contribution in [0.15, 0.2) is 62.7 Å². The lowest BCUT2D eigenvalue weighted by molar-refractivity contribution is 0.340. The fourth-order valence-electron chi connectivity index (χ4n) is 3.08. The van der Waals surface area contributed by atoms with E-state index in [1.54, 1.807) is 11.8 Å². The maximum absolute atomic E-state index is 5.59. The van der Waals surface area contributed by atoms with Gasteiger partial charge in [-0.2, -0.15) is 0 Å². The van der Waals surface area contributed by atoms with Crippen LogP contribution in [0.2, 0.25) is 0 Å². The average molecular weight is 485 g/mol. The molecule has 2 aromatic carbocycles. The number of benzene rings is 2. The number of halogens is 1. The van der Waals surface area contributed by atoms with Gasteiger partial charge in [-0.1, -0.05) is 45.0 Å². The van der Waals surface area contributed by atoms with Gasteiger partial charge in [0.2, 0.25) is 0 Å². The summed E-state index contributed by atoms with van der Waals surface area (Å²) in [7, 11) is 0. The second-order valence-corrected chi connectivity index (χ2v) is 8.52. The first-order valence-corrected chi connectivity index (χ1v) is 11.3. The average Bonchev–Trinajstić information content (AvgIpc) is 3.31. The molecule has 4 aromatic rings. The van der Waals surface area contributed by atoms with Gasteiger partial charge in [-0.25, -0.2) is 0 Å². The first-order chi connectivity index (χ1) is 14.6. The summed E-state index contributed by atoms with van der Waals surface area (Å²) in [6, 6.07) is 16.0. The quantitative estimate of drug-likeness (QED) is 0.300. The molecule has 0 fully saturated rings. The van der Waals surface area contributed by atoms with Crippen LogP contribution in [-0.2, 0) is 5.75 Å². The third-order valence-corrected chi connectivity index (χ3v) is 6.15. The Labute approximate surface area is 187 Å². The second kappa shape index (κ2) is 9.06. The standard InChI is InChI=1S/C22H21BrN4O2S/c1-4-28-19-11-9-18(10-12-19)27-21(16-5-7-17(23)8-6-16)24-25-22(27)30-13-20-14(2)26-29-15(20)3/h5-12H,4,13H2,1-3H3.